The molecule has 1 saturated carbocycles. The van der Waals surface area contributed by atoms with Crippen molar-refractivity contribution in [2.24, 2.45) is 0 Å². The van der Waals surface area contributed by atoms with Crippen LogP contribution in [0, 0.1) is 0 Å². The monoisotopic (exact) mass is 321 g/mol. The third kappa shape index (κ3) is 5.52. The summed E-state index contributed by atoms with van der Waals surface area (Å²) in [6.45, 7) is 2.03. The van der Waals surface area contributed by atoms with Gasteiger partial charge in [0.25, 0.3) is 5.91 Å². The first kappa shape index (κ1) is 16.5. The van der Waals surface area contributed by atoms with E-state index in [1.165, 1.54) is 18.4 Å². The van der Waals surface area contributed by atoms with Crippen molar-refractivity contribution in [1.29, 1.82) is 0 Å². The summed E-state index contributed by atoms with van der Waals surface area (Å²) in [5, 5.41) is 3.64. The molecule has 1 fully saturated rings. The maximum Gasteiger partial charge on any atom is 0.276 e. The van der Waals surface area contributed by atoms with Crippen LogP contribution in [-0.4, -0.2) is 23.7 Å². The highest BCUT2D eigenvalue weighted by Crippen LogP contribution is 2.17. The van der Waals surface area contributed by atoms with E-state index in [0.29, 0.717) is 16.9 Å². The van der Waals surface area contributed by atoms with E-state index in [2.05, 4.69) is 23.1 Å². The third-order valence-electron chi connectivity index (χ3n) is 3.68. The quantitative estimate of drug-likeness (QED) is 0.572. The van der Waals surface area contributed by atoms with Crippen molar-refractivity contribution in [3.63, 3.8) is 0 Å². The summed E-state index contributed by atoms with van der Waals surface area (Å²) in [5.74, 6) is 0.429. The van der Waals surface area contributed by atoms with Crippen LogP contribution in [0.1, 0.15) is 38.2 Å². The van der Waals surface area contributed by atoms with Crippen molar-refractivity contribution < 1.29 is 9.53 Å². The van der Waals surface area contributed by atoms with Gasteiger partial charge in [0.1, 0.15) is 5.75 Å². The first-order valence-electron chi connectivity index (χ1n) is 7.74. The number of amides is 1. The minimum Gasteiger partial charge on any atom is -0.484 e. The van der Waals surface area contributed by atoms with E-state index in [9.17, 15) is 4.79 Å². The molecule has 1 aromatic rings. The van der Waals surface area contributed by atoms with E-state index in [1.54, 1.807) is 0 Å². The number of carbonyl (C=O) groups is 1. The molecule has 1 amide bonds. The minimum atomic E-state index is -0.266. The van der Waals surface area contributed by atoms with Gasteiger partial charge in [-0.1, -0.05) is 31.9 Å². The molecule has 1 aromatic carbocycles. The molecule has 0 atom stereocenters. The lowest BCUT2D eigenvalue weighted by Crippen LogP contribution is -2.50. The molecular formula is C16H23N3O2S. The molecule has 0 aliphatic heterocycles. The fourth-order valence-corrected chi connectivity index (χ4v) is 2.68. The summed E-state index contributed by atoms with van der Waals surface area (Å²) < 4.78 is 5.46. The Balaban J connectivity index is 1.65. The van der Waals surface area contributed by atoms with Gasteiger partial charge in [-0.3, -0.25) is 15.6 Å². The molecule has 2 rings (SSSR count). The number of nitrogens with one attached hydrogen (secondary N) is 3. The molecule has 22 heavy (non-hydrogen) atoms. The Morgan fingerprint density at radius 1 is 1.32 bits per heavy atom. The van der Waals surface area contributed by atoms with Crippen LogP contribution in [0.3, 0.4) is 0 Å². The zero-order chi connectivity index (χ0) is 15.8. The number of hydrogen-bond donors (Lipinski definition) is 3. The standard InChI is InChI=1S/C16H23N3O2S/c1-2-12-6-5-9-14(10-12)21-11-15(20)18-19-16(22)17-13-7-3-4-8-13/h5-6,9-10,13H,2-4,7-8,11H2,1H3,(H,18,20)(H2,17,19,22). The number of thiocarbonyl (C=S) groups is 1. The predicted molar refractivity (Wildman–Crippen MR) is 90.6 cm³/mol. The van der Waals surface area contributed by atoms with Gasteiger partial charge in [0, 0.05) is 6.04 Å². The second kappa shape index (κ2) is 8.58. The normalized spacial score (nSPS) is 14.4. The predicted octanol–water partition coefficient (Wildman–Crippen LogP) is 2.07. The average molecular weight is 321 g/mol. The zero-order valence-corrected chi connectivity index (χ0v) is 13.7. The zero-order valence-electron chi connectivity index (χ0n) is 12.9. The Labute approximate surface area is 136 Å². The second-order valence-electron chi connectivity index (χ2n) is 5.42. The molecule has 5 nitrogen and oxygen atoms in total. The number of carbonyl (C=O) groups excluding carboxylic acids is 1. The van der Waals surface area contributed by atoms with Crippen molar-refractivity contribution in [2.45, 2.75) is 45.1 Å². The van der Waals surface area contributed by atoms with Gasteiger partial charge in [0.2, 0.25) is 0 Å². The number of ether oxygens (including phenoxy) is 1. The van der Waals surface area contributed by atoms with Crippen LogP contribution < -0.4 is 20.9 Å². The van der Waals surface area contributed by atoms with E-state index in [4.69, 9.17) is 17.0 Å². The molecule has 0 radical (unpaired) electrons. The topological polar surface area (TPSA) is 62.4 Å². The van der Waals surface area contributed by atoms with Crippen LogP contribution in [-0.2, 0) is 11.2 Å². The van der Waals surface area contributed by atoms with E-state index < -0.39 is 0 Å². The average Bonchev–Trinajstić information content (AvgIpc) is 3.04. The van der Waals surface area contributed by atoms with E-state index in [1.807, 2.05) is 24.3 Å². The van der Waals surface area contributed by atoms with Crippen LogP contribution in [0.15, 0.2) is 24.3 Å². The minimum absolute atomic E-state index is 0.0494. The number of hydrogen-bond acceptors (Lipinski definition) is 3. The Kier molecular flexibility index (Phi) is 6.45. The molecule has 3 N–H and O–H groups in total. The molecule has 0 saturated heterocycles. The summed E-state index contributed by atoms with van der Waals surface area (Å²) in [7, 11) is 0. The summed E-state index contributed by atoms with van der Waals surface area (Å²) in [6.07, 6.45) is 5.67. The highest BCUT2D eigenvalue weighted by molar-refractivity contribution is 7.80. The van der Waals surface area contributed by atoms with Crippen molar-refractivity contribution in [3.8, 4) is 5.75 Å². The second-order valence-corrected chi connectivity index (χ2v) is 5.83. The fraction of sp³-hybridized carbons (Fsp3) is 0.500. The lowest BCUT2D eigenvalue weighted by molar-refractivity contribution is -0.123. The van der Waals surface area contributed by atoms with E-state index in [0.717, 1.165) is 19.3 Å². The Bertz CT molecular complexity index is 516. The molecule has 0 bridgehead atoms. The van der Waals surface area contributed by atoms with E-state index in [-0.39, 0.29) is 12.5 Å². The largest absolute Gasteiger partial charge is 0.484 e. The molecule has 0 spiro atoms. The van der Waals surface area contributed by atoms with Crippen molar-refractivity contribution in [1.82, 2.24) is 16.2 Å². The number of aryl methyl sites for hydroxylation is 1. The Morgan fingerprint density at radius 3 is 2.82 bits per heavy atom. The van der Waals surface area contributed by atoms with Gasteiger partial charge in [-0.05, 0) is 49.2 Å². The molecule has 6 heteroatoms. The molecule has 1 aliphatic rings. The van der Waals surface area contributed by atoms with Crippen molar-refractivity contribution in [2.75, 3.05) is 6.61 Å². The molecule has 0 aromatic heterocycles. The molecule has 120 valence electrons. The van der Waals surface area contributed by atoms with Crippen LogP contribution in [0.4, 0.5) is 0 Å². The van der Waals surface area contributed by atoms with Gasteiger partial charge in [0.05, 0.1) is 0 Å². The Morgan fingerprint density at radius 2 is 2.09 bits per heavy atom. The summed E-state index contributed by atoms with van der Waals surface area (Å²) >= 11 is 5.14. The van der Waals surface area contributed by atoms with Gasteiger partial charge >= 0.3 is 0 Å². The maximum atomic E-state index is 11.7. The lowest BCUT2D eigenvalue weighted by atomic mass is 10.2. The Hall–Kier alpha value is -1.82. The highest BCUT2D eigenvalue weighted by Gasteiger charge is 2.15. The molecule has 0 unspecified atom stereocenters. The van der Waals surface area contributed by atoms with Gasteiger partial charge in [-0.15, -0.1) is 0 Å². The van der Waals surface area contributed by atoms with Crippen LogP contribution in [0.2, 0.25) is 0 Å². The SMILES string of the molecule is CCc1cccc(OCC(=O)NNC(=S)NC2CCCC2)c1. The maximum absolute atomic E-state index is 11.7. The summed E-state index contributed by atoms with van der Waals surface area (Å²) in [4.78, 5) is 11.7. The molecule has 1 aliphatic carbocycles. The van der Waals surface area contributed by atoms with Crippen LogP contribution >= 0.6 is 12.2 Å². The molecule has 0 heterocycles. The first-order chi connectivity index (χ1) is 10.7. The summed E-state index contributed by atoms with van der Waals surface area (Å²) in [5.41, 5.74) is 6.43. The van der Waals surface area contributed by atoms with Crippen molar-refractivity contribution >= 4 is 23.2 Å². The highest BCUT2D eigenvalue weighted by atomic mass is 32.1. The summed E-state index contributed by atoms with van der Waals surface area (Å²) in [6, 6.07) is 8.15. The van der Waals surface area contributed by atoms with Crippen LogP contribution in [0.5, 0.6) is 5.75 Å². The lowest BCUT2D eigenvalue weighted by Gasteiger charge is -2.16. The van der Waals surface area contributed by atoms with Crippen LogP contribution in [0.25, 0.3) is 0 Å². The van der Waals surface area contributed by atoms with E-state index >= 15 is 0 Å². The smallest absolute Gasteiger partial charge is 0.276 e. The first-order valence-corrected chi connectivity index (χ1v) is 8.15. The van der Waals surface area contributed by atoms with Gasteiger partial charge in [0.15, 0.2) is 11.7 Å². The van der Waals surface area contributed by atoms with Gasteiger partial charge < -0.3 is 10.1 Å². The van der Waals surface area contributed by atoms with Crippen molar-refractivity contribution in [3.05, 3.63) is 29.8 Å². The fourth-order valence-electron chi connectivity index (χ4n) is 2.46. The van der Waals surface area contributed by atoms with Gasteiger partial charge in [-0.2, -0.15) is 0 Å². The molecular weight excluding hydrogens is 298 g/mol. The van der Waals surface area contributed by atoms with Gasteiger partial charge in [-0.25, -0.2) is 0 Å². The number of hydrazine groups is 1. The third-order valence-corrected chi connectivity index (χ3v) is 3.90. The number of rotatable bonds is 5. The number of benzene rings is 1.